The first-order valence-electron chi connectivity index (χ1n) is 9.41. The predicted octanol–water partition coefficient (Wildman–Crippen LogP) is 4.48. The van der Waals surface area contributed by atoms with Gasteiger partial charge in [-0.05, 0) is 35.4 Å². The zero-order chi connectivity index (χ0) is 21.7. The molecule has 1 amide bonds. The van der Waals surface area contributed by atoms with Crippen molar-refractivity contribution < 1.29 is 27.4 Å². The van der Waals surface area contributed by atoms with Gasteiger partial charge in [0, 0.05) is 43.1 Å². The average Bonchev–Trinajstić information content (AvgIpc) is 3.14. The van der Waals surface area contributed by atoms with Gasteiger partial charge in [-0.3, -0.25) is 4.79 Å². The van der Waals surface area contributed by atoms with Crippen LogP contribution >= 0.6 is 0 Å². The van der Waals surface area contributed by atoms with Gasteiger partial charge in [-0.15, -0.1) is 0 Å². The van der Waals surface area contributed by atoms with Gasteiger partial charge in [-0.25, -0.2) is 0 Å². The SMILES string of the molecule is COCCNC(=O)CC(c1cccc(C(F)(F)F)c1)c1c[nH]c2ccc(OC)cc12. The molecule has 0 bridgehead atoms. The highest BCUT2D eigenvalue weighted by molar-refractivity contribution is 5.87. The summed E-state index contributed by atoms with van der Waals surface area (Å²) in [4.78, 5) is 15.6. The zero-order valence-electron chi connectivity index (χ0n) is 16.7. The van der Waals surface area contributed by atoms with Crippen LogP contribution in [0.15, 0.2) is 48.7 Å². The Balaban J connectivity index is 2.03. The lowest BCUT2D eigenvalue weighted by Crippen LogP contribution is -2.28. The smallest absolute Gasteiger partial charge is 0.416 e. The number of nitrogens with one attached hydrogen (secondary N) is 2. The van der Waals surface area contributed by atoms with Crippen molar-refractivity contribution in [3.8, 4) is 5.75 Å². The molecule has 1 unspecified atom stereocenters. The first-order valence-corrected chi connectivity index (χ1v) is 9.41. The van der Waals surface area contributed by atoms with Gasteiger partial charge in [0.2, 0.25) is 5.91 Å². The van der Waals surface area contributed by atoms with Crippen LogP contribution < -0.4 is 10.1 Å². The topological polar surface area (TPSA) is 63.3 Å². The molecule has 0 radical (unpaired) electrons. The largest absolute Gasteiger partial charge is 0.497 e. The van der Waals surface area contributed by atoms with Crippen molar-refractivity contribution in [2.24, 2.45) is 0 Å². The molecule has 1 heterocycles. The molecule has 5 nitrogen and oxygen atoms in total. The molecule has 0 saturated heterocycles. The van der Waals surface area contributed by atoms with Crippen LogP contribution in [-0.4, -0.2) is 38.3 Å². The van der Waals surface area contributed by atoms with Crippen molar-refractivity contribution >= 4 is 16.8 Å². The molecule has 160 valence electrons. The zero-order valence-corrected chi connectivity index (χ0v) is 16.7. The number of alkyl halides is 3. The van der Waals surface area contributed by atoms with E-state index in [0.29, 0.717) is 24.5 Å². The Bertz CT molecular complexity index is 1010. The van der Waals surface area contributed by atoms with Gasteiger partial charge >= 0.3 is 6.18 Å². The van der Waals surface area contributed by atoms with Crippen LogP contribution in [0, 0.1) is 0 Å². The number of hydrogen-bond acceptors (Lipinski definition) is 3. The maximum absolute atomic E-state index is 13.3. The van der Waals surface area contributed by atoms with Crippen molar-refractivity contribution in [2.45, 2.75) is 18.5 Å². The van der Waals surface area contributed by atoms with E-state index in [0.717, 1.165) is 28.6 Å². The van der Waals surface area contributed by atoms with Gasteiger partial charge in [0.05, 0.1) is 19.3 Å². The fraction of sp³-hybridized carbons (Fsp3) is 0.318. The van der Waals surface area contributed by atoms with E-state index < -0.39 is 17.7 Å². The summed E-state index contributed by atoms with van der Waals surface area (Å²) in [7, 11) is 3.07. The fourth-order valence-corrected chi connectivity index (χ4v) is 3.43. The molecule has 30 heavy (non-hydrogen) atoms. The van der Waals surface area contributed by atoms with Crippen LogP contribution in [0.3, 0.4) is 0 Å². The Labute approximate surface area is 172 Å². The molecule has 2 N–H and O–H groups in total. The van der Waals surface area contributed by atoms with Crippen molar-refractivity contribution in [3.05, 3.63) is 65.4 Å². The number of methoxy groups -OCH3 is 2. The molecule has 0 aliphatic rings. The van der Waals surface area contributed by atoms with Crippen LogP contribution in [-0.2, 0) is 15.7 Å². The molecular weight excluding hydrogens is 397 g/mol. The first kappa shape index (κ1) is 21.7. The fourth-order valence-electron chi connectivity index (χ4n) is 3.43. The molecule has 3 aromatic rings. The number of H-pyrrole nitrogens is 1. The minimum absolute atomic E-state index is 0.00477. The van der Waals surface area contributed by atoms with Crippen LogP contribution in [0.5, 0.6) is 5.75 Å². The molecule has 2 aromatic carbocycles. The number of carbonyl (C=O) groups is 1. The lowest BCUT2D eigenvalue weighted by Gasteiger charge is -2.19. The molecule has 1 atom stereocenters. The third-order valence-corrected chi connectivity index (χ3v) is 4.93. The van der Waals surface area contributed by atoms with E-state index in [9.17, 15) is 18.0 Å². The second-order valence-corrected chi connectivity index (χ2v) is 6.88. The minimum Gasteiger partial charge on any atom is -0.497 e. The molecule has 8 heteroatoms. The summed E-state index contributed by atoms with van der Waals surface area (Å²) in [5, 5.41) is 3.53. The molecule has 0 aliphatic heterocycles. The van der Waals surface area contributed by atoms with Gasteiger partial charge < -0.3 is 19.8 Å². The third-order valence-electron chi connectivity index (χ3n) is 4.93. The summed E-state index contributed by atoms with van der Waals surface area (Å²) in [5.41, 5.74) is 1.20. The molecule has 1 aromatic heterocycles. The van der Waals surface area contributed by atoms with Crippen molar-refractivity contribution in [1.29, 1.82) is 0 Å². The Hall–Kier alpha value is -3.00. The lowest BCUT2D eigenvalue weighted by molar-refractivity contribution is -0.137. The maximum Gasteiger partial charge on any atom is 0.416 e. The van der Waals surface area contributed by atoms with E-state index >= 15 is 0 Å². The van der Waals surface area contributed by atoms with Crippen molar-refractivity contribution in [3.63, 3.8) is 0 Å². The molecular formula is C22H23F3N2O3. The lowest BCUT2D eigenvalue weighted by atomic mass is 9.87. The van der Waals surface area contributed by atoms with E-state index in [1.54, 1.807) is 25.4 Å². The molecule has 0 aliphatic carbocycles. The predicted molar refractivity (Wildman–Crippen MR) is 108 cm³/mol. The maximum atomic E-state index is 13.3. The number of fused-ring (bicyclic) bond motifs is 1. The first-order chi connectivity index (χ1) is 14.3. The van der Waals surface area contributed by atoms with E-state index in [1.165, 1.54) is 13.2 Å². The monoisotopic (exact) mass is 420 g/mol. The summed E-state index contributed by atoms with van der Waals surface area (Å²) in [6.45, 7) is 0.677. The van der Waals surface area contributed by atoms with Gasteiger partial charge in [-0.2, -0.15) is 13.2 Å². The molecule has 0 spiro atoms. The Morgan fingerprint density at radius 3 is 2.67 bits per heavy atom. The van der Waals surface area contributed by atoms with Crippen molar-refractivity contribution in [2.75, 3.05) is 27.4 Å². The van der Waals surface area contributed by atoms with E-state index in [1.807, 2.05) is 12.1 Å². The standard InChI is InChI=1S/C22H23F3N2O3/c1-29-9-8-26-21(28)12-17(14-4-3-5-15(10-14)22(23,24)25)19-13-27-20-7-6-16(30-2)11-18(19)20/h3-7,10-11,13,17,27H,8-9,12H2,1-2H3,(H,26,28). The highest BCUT2D eigenvalue weighted by Gasteiger charge is 2.31. The third kappa shape index (κ3) is 4.94. The Morgan fingerprint density at radius 2 is 1.97 bits per heavy atom. The highest BCUT2D eigenvalue weighted by atomic mass is 19.4. The van der Waals surface area contributed by atoms with Gasteiger partial charge in [0.25, 0.3) is 0 Å². The summed E-state index contributed by atoms with van der Waals surface area (Å²) in [6, 6.07) is 10.5. The number of aromatic nitrogens is 1. The van der Waals surface area contributed by atoms with Crippen molar-refractivity contribution in [1.82, 2.24) is 10.3 Å². The second-order valence-electron chi connectivity index (χ2n) is 6.88. The average molecular weight is 420 g/mol. The number of ether oxygens (including phenoxy) is 2. The van der Waals surface area contributed by atoms with Crippen LogP contribution in [0.1, 0.15) is 29.0 Å². The summed E-state index contributed by atoms with van der Waals surface area (Å²) in [5.74, 6) is -0.224. The number of benzene rings is 2. The molecule has 0 fully saturated rings. The Morgan fingerprint density at radius 1 is 1.17 bits per heavy atom. The van der Waals surface area contributed by atoms with Crippen LogP contribution in [0.4, 0.5) is 13.2 Å². The van der Waals surface area contributed by atoms with Crippen LogP contribution in [0.2, 0.25) is 0 Å². The molecule has 3 rings (SSSR count). The highest BCUT2D eigenvalue weighted by Crippen LogP contribution is 2.37. The van der Waals surface area contributed by atoms with Gasteiger partial charge in [0.15, 0.2) is 0 Å². The van der Waals surface area contributed by atoms with E-state index in [2.05, 4.69) is 10.3 Å². The minimum atomic E-state index is -4.47. The van der Waals surface area contributed by atoms with E-state index in [4.69, 9.17) is 9.47 Å². The number of hydrogen-bond donors (Lipinski definition) is 2. The quantitative estimate of drug-likeness (QED) is 0.528. The van der Waals surface area contributed by atoms with E-state index in [-0.39, 0.29) is 12.3 Å². The summed E-state index contributed by atoms with van der Waals surface area (Å²) < 4.78 is 50.1. The number of rotatable bonds is 8. The van der Waals surface area contributed by atoms with Gasteiger partial charge in [-0.1, -0.05) is 18.2 Å². The van der Waals surface area contributed by atoms with Gasteiger partial charge in [0.1, 0.15) is 5.75 Å². The normalized spacial score (nSPS) is 12.7. The van der Waals surface area contributed by atoms with Crippen LogP contribution in [0.25, 0.3) is 10.9 Å². The number of amides is 1. The Kier molecular flexibility index (Phi) is 6.66. The second kappa shape index (κ2) is 9.21. The summed E-state index contributed by atoms with van der Waals surface area (Å²) >= 11 is 0. The molecule has 0 saturated carbocycles. The number of halogens is 3. The number of carbonyl (C=O) groups excluding carboxylic acids is 1. The number of aromatic amines is 1. The summed E-state index contributed by atoms with van der Waals surface area (Å²) in [6.07, 6.45) is -2.74.